The normalized spacial score (nSPS) is 15.8. The van der Waals surface area contributed by atoms with Gasteiger partial charge in [0.1, 0.15) is 11.0 Å². The molecular formula is C19H20N2O2S. The summed E-state index contributed by atoms with van der Waals surface area (Å²) >= 11 is 0. The lowest BCUT2D eigenvalue weighted by Gasteiger charge is -2.23. The van der Waals surface area contributed by atoms with Crippen molar-refractivity contribution in [2.45, 2.75) is 49.2 Å². The molecule has 3 rings (SSSR count). The molecule has 0 aliphatic heterocycles. The van der Waals surface area contributed by atoms with Gasteiger partial charge in [0.25, 0.3) is 0 Å². The van der Waals surface area contributed by atoms with Gasteiger partial charge in [0, 0.05) is 11.8 Å². The molecule has 1 fully saturated rings. The van der Waals surface area contributed by atoms with Gasteiger partial charge in [-0.15, -0.1) is 0 Å². The van der Waals surface area contributed by atoms with Crippen LogP contribution in [0.4, 0.5) is 0 Å². The summed E-state index contributed by atoms with van der Waals surface area (Å²) in [5.74, 6) is 0. The van der Waals surface area contributed by atoms with Crippen molar-refractivity contribution in [3.63, 3.8) is 0 Å². The van der Waals surface area contributed by atoms with Crippen LogP contribution >= 0.6 is 0 Å². The first-order valence-electron chi connectivity index (χ1n) is 8.24. The van der Waals surface area contributed by atoms with Crippen LogP contribution in [0.5, 0.6) is 0 Å². The molecule has 0 atom stereocenters. The Kier molecular flexibility index (Phi) is 4.68. The quantitative estimate of drug-likeness (QED) is 0.845. The molecular weight excluding hydrogens is 320 g/mol. The summed E-state index contributed by atoms with van der Waals surface area (Å²) in [6, 6.07) is 11.3. The number of hydrogen-bond donors (Lipinski definition) is 0. The van der Waals surface area contributed by atoms with Crippen molar-refractivity contribution in [3.05, 3.63) is 47.8 Å². The first-order valence-corrected chi connectivity index (χ1v) is 9.78. The third-order valence-corrected chi connectivity index (χ3v) is 6.98. The maximum Gasteiger partial charge on any atom is 0.184 e. The SMILES string of the molecule is Cc1ccc(-c2ccnc(C#N)c2S(=O)(=O)C2CCCCC2)cc1. The molecule has 4 nitrogen and oxygen atoms in total. The smallest absolute Gasteiger partial charge is 0.184 e. The van der Waals surface area contributed by atoms with E-state index in [-0.39, 0.29) is 10.6 Å². The van der Waals surface area contributed by atoms with E-state index in [4.69, 9.17) is 0 Å². The molecule has 1 aromatic heterocycles. The Morgan fingerprint density at radius 3 is 2.38 bits per heavy atom. The molecule has 0 saturated heterocycles. The van der Waals surface area contributed by atoms with E-state index in [1.165, 1.54) is 6.20 Å². The van der Waals surface area contributed by atoms with Crippen molar-refractivity contribution >= 4 is 9.84 Å². The zero-order valence-electron chi connectivity index (χ0n) is 13.7. The van der Waals surface area contributed by atoms with Gasteiger partial charge in [-0.3, -0.25) is 0 Å². The summed E-state index contributed by atoms with van der Waals surface area (Å²) in [6.07, 6.45) is 5.76. The van der Waals surface area contributed by atoms with Crippen LogP contribution < -0.4 is 0 Å². The fourth-order valence-corrected chi connectivity index (χ4v) is 5.47. The van der Waals surface area contributed by atoms with Crippen LogP contribution in [0.2, 0.25) is 0 Å². The van der Waals surface area contributed by atoms with Gasteiger partial charge < -0.3 is 0 Å². The maximum atomic E-state index is 13.2. The molecule has 0 N–H and O–H groups in total. The molecule has 1 saturated carbocycles. The minimum Gasteiger partial charge on any atom is -0.244 e. The molecule has 1 heterocycles. The zero-order valence-corrected chi connectivity index (χ0v) is 14.5. The Balaban J connectivity index is 2.19. The number of aryl methyl sites for hydroxylation is 1. The molecule has 0 unspecified atom stereocenters. The van der Waals surface area contributed by atoms with E-state index in [9.17, 15) is 13.7 Å². The van der Waals surface area contributed by atoms with E-state index < -0.39 is 15.1 Å². The average molecular weight is 340 g/mol. The van der Waals surface area contributed by atoms with Gasteiger partial charge in [0.05, 0.1) is 5.25 Å². The molecule has 1 aliphatic carbocycles. The van der Waals surface area contributed by atoms with Crippen LogP contribution in [0.25, 0.3) is 11.1 Å². The van der Waals surface area contributed by atoms with Crippen LogP contribution in [0.15, 0.2) is 41.4 Å². The van der Waals surface area contributed by atoms with Gasteiger partial charge in [-0.2, -0.15) is 5.26 Å². The van der Waals surface area contributed by atoms with Crippen molar-refractivity contribution in [2.24, 2.45) is 0 Å². The van der Waals surface area contributed by atoms with Crippen LogP contribution in [0.3, 0.4) is 0 Å². The number of sulfone groups is 1. The number of nitriles is 1. The summed E-state index contributed by atoms with van der Waals surface area (Å²) in [6.45, 7) is 1.98. The number of benzene rings is 1. The molecule has 124 valence electrons. The highest BCUT2D eigenvalue weighted by Crippen LogP contribution is 2.35. The standard InChI is InChI=1S/C19H20N2O2S/c1-14-7-9-15(10-8-14)17-11-12-21-18(13-20)19(17)24(22,23)16-5-3-2-4-6-16/h7-12,16H,2-6H2,1H3. The van der Waals surface area contributed by atoms with E-state index in [1.54, 1.807) is 6.07 Å². The van der Waals surface area contributed by atoms with Crippen molar-refractivity contribution in [3.8, 4) is 17.2 Å². The van der Waals surface area contributed by atoms with Gasteiger partial charge in [-0.1, -0.05) is 49.1 Å². The lowest BCUT2D eigenvalue weighted by molar-refractivity contribution is 0.483. The summed E-state index contributed by atoms with van der Waals surface area (Å²) < 4.78 is 26.5. The Morgan fingerprint density at radius 2 is 1.75 bits per heavy atom. The fourth-order valence-electron chi connectivity index (χ4n) is 3.32. The first kappa shape index (κ1) is 16.7. The van der Waals surface area contributed by atoms with Crippen molar-refractivity contribution in [2.75, 3.05) is 0 Å². The Hall–Kier alpha value is -2.19. The van der Waals surface area contributed by atoms with Gasteiger partial charge >= 0.3 is 0 Å². The zero-order chi connectivity index (χ0) is 17.2. The molecule has 1 aliphatic rings. The van der Waals surface area contributed by atoms with E-state index in [0.717, 1.165) is 30.4 Å². The largest absolute Gasteiger partial charge is 0.244 e. The predicted molar refractivity (Wildman–Crippen MR) is 93.2 cm³/mol. The highest BCUT2D eigenvalue weighted by Gasteiger charge is 2.33. The topological polar surface area (TPSA) is 70.8 Å². The minimum absolute atomic E-state index is 0.00125. The molecule has 0 bridgehead atoms. The van der Waals surface area contributed by atoms with Crippen molar-refractivity contribution in [1.82, 2.24) is 4.98 Å². The van der Waals surface area contributed by atoms with Crippen LogP contribution in [-0.2, 0) is 9.84 Å². The number of hydrogen-bond acceptors (Lipinski definition) is 4. The lowest BCUT2D eigenvalue weighted by atomic mass is 10.0. The second-order valence-corrected chi connectivity index (χ2v) is 8.48. The van der Waals surface area contributed by atoms with Gasteiger partial charge in [-0.05, 0) is 31.4 Å². The maximum absolute atomic E-state index is 13.2. The molecule has 24 heavy (non-hydrogen) atoms. The predicted octanol–water partition coefficient (Wildman–Crippen LogP) is 4.04. The minimum atomic E-state index is -3.58. The second-order valence-electron chi connectivity index (χ2n) is 6.32. The Labute approximate surface area is 143 Å². The Morgan fingerprint density at radius 1 is 1.08 bits per heavy atom. The molecule has 0 radical (unpaired) electrons. The highest BCUT2D eigenvalue weighted by atomic mass is 32.2. The Bertz CT molecular complexity index is 875. The summed E-state index contributed by atoms with van der Waals surface area (Å²) in [5, 5.41) is 9.01. The van der Waals surface area contributed by atoms with E-state index >= 15 is 0 Å². The molecule has 2 aromatic rings. The van der Waals surface area contributed by atoms with E-state index in [2.05, 4.69) is 4.98 Å². The lowest BCUT2D eigenvalue weighted by Crippen LogP contribution is -2.25. The van der Waals surface area contributed by atoms with Gasteiger partial charge in [0.15, 0.2) is 15.5 Å². The van der Waals surface area contributed by atoms with Gasteiger partial charge in [0.2, 0.25) is 0 Å². The average Bonchev–Trinajstić information content (AvgIpc) is 2.62. The number of pyridine rings is 1. The van der Waals surface area contributed by atoms with Crippen molar-refractivity contribution in [1.29, 1.82) is 5.26 Å². The summed E-state index contributed by atoms with van der Waals surface area (Å²) in [5.41, 5.74) is 2.48. The van der Waals surface area contributed by atoms with Crippen LogP contribution in [-0.4, -0.2) is 18.7 Å². The number of aromatic nitrogens is 1. The monoisotopic (exact) mass is 340 g/mol. The first-order chi connectivity index (χ1) is 11.5. The summed E-state index contributed by atoms with van der Waals surface area (Å²) in [4.78, 5) is 4.12. The highest BCUT2D eigenvalue weighted by molar-refractivity contribution is 7.92. The molecule has 0 amide bonds. The third-order valence-electron chi connectivity index (χ3n) is 4.65. The molecule has 5 heteroatoms. The van der Waals surface area contributed by atoms with Crippen LogP contribution in [0, 0.1) is 18.3 Å². The van der Waals surface area contributed by atoms with E-state index in [1.807, 2.05) is 37.3 Å². The van der Waals surface area contributed by atoms with Crippen LogP contribution in [0.1, 0.15) is 43.4 Å². The number of nitrogens with zero attached hydrogens (tertiary/aromatic N) is 2. The molecule has 1 aromatic carbocycles. The fraction of sp³-hybridized carbons (Fsp3) is 0.368. The number of rotatable bonds is 3. The van der Waals surface area contributed by atoms with E-state index in [0.29, 0.717) is 18.4 Å². The summed E-state index contributed by atoms with van der Waals surface area (Å²) in [7, 11) is -3.58. The third kappa shape index (κ3) is 3.07. The molecule has 0 spiro atoms. The van der Waals surface area contributed by atoms with Crippen molar-refractivity contribution < 1.29 is 8.42 Å². The second kappa shape index (κ2) is 6.74. The van der Waals surface area contributed by atoms with Gasteiger partial charge in [-0.25, -0.2) is 13.4 Å².